The standard InChI is InChI=1S/C14H16ClNO2/c1-2-16(11-4-5-11)14(17)13-8-9-7-10(15)3-6-12(9)18-13/h3,6-7,11,13H,2,4-5,8H2,1H3/t13-/m0/s1. The van der Waals surface area contributed by atoms with Crippen LogP contribution >= 0.6 is 11.6 Å². The quantitative estimate of drug-likeness (QED) is 0.841. The first kappa shape index (κ1) is 11.8. The Labute approximate surface area is 112 Å². The molecule has 1 aromatic rings. The van der Waals surface area contributed by atoms with Crippen LogP contribution in [0.2, 0.25) is 5.02 Å². The second kappa shape index (κ2) is 4.47. The maximum absolute atomic E-state index is 12.4. The molecule has 4 heteroatoms. The number of rotatable bonds is 3. The molecule has 1 aliphatic heterocycles. The molecule has 18 heavy (non-hydrogen) atoms. The smallest absolute Gasteiger partial charge is 0.264 e. The van der Waals surface area contributed by atoms with Gasteiger partial charge in [-0.1, -0.05) is 11.6 Å². The molecule has 0 saturated heterocycles. The predicted molar refractivity (Wildman–Crippen MR) is 70.0 cm³/mol. The predicted octanol–water partition coefficient (Wildman–Crippen LogP) is 2.65. The van der Waals surface area contributed by atoms with Crippen molar-refractivity contribution in [3.05, 3.63) is 28.8 Å². The van der Waals surface area contributed by atoms with Gasteiger partial charge in [0.1, 0.15) is 5.75 Å². The molecule has 1 atom stereocenters. The third kappa shape index (κ3) is 2.07. The molecule has 3 nitrogen and oxygen atoms in total. The summed E-state index contributed by atoms with van der Waals surface area (Å²) in [4.78, 5) is 14.3. The van der Waals surface area contributed by atoms with Crippen molar-refractivity contribution < 1.29 is 9.53 Å². The zero-order valence-corrected chi connectivity index (χ0v) is 11.1. The molecular formula is C14H16ClNO2. The van der Waals surface area contributed by atoms with Gasteiger partial charge in [0.15, 0.2) is 6.10 Å². The molecule has 1 heterocycles. The van der Waals surface area contributed by atoms with E-state index in [9.17, 15) is 4.79 Å². The highest BCUT2D eigenvalue weighted by atomic mass is 35.5. The Morgan fingerprint density at radius 3 is 2.94 bits per heavy atom. The van der Waals surface area contributed by atoms with Crippen molar-refractivity contribution >= 4 is 17.5 Å². The number of halogens is 1. The van der Waals surface area contributed by atoms with E-state index in [1.807, 2.05) is 24.0 Å². The number of ether oxygens (including phenoxy) is 1. The third-order valence-electron chi connectivity index (χ3n) is 3.58. The Morgan fingerprint density at radius 2 is 2.28 bits per heavy atom. The van der Waals surface area contributed by atoms with Crippen LogP contribution in [0.4, 0.5) is 0 Å². The molecule has 1 aliphatic carbocycles. The van der Waals surface area contributed by atoms with Gasteiger partial charge in [0.05, 0.1) is 0 Å². The van der Waals surface area contributed by atoms with Crippen molar-refractivity contribution in [3.63, 3.8) is 0 Å². The van der Waals surface area contributed by atoms with E-state index >= 15 is 0 Å². The van der Waals surface area contributed by atoms with E-state index in [2.05, 4.69) is 0 Å². The zero-order valence-electron chi connectivity index (χ0n) is 10.4. The summed E-state index contributed by atoms with van der Waals surface area (Å²) in [5.41, 5.74) is 1.03. The Bertz CT molecular complexity index is 485. The summed E-state index contributed by atoms with van der Waals surface area (Å²) in [7, 11) is 0. The second-order valence-corrected chi connectivity index (χ2v) is 5.35. The Hall–Kier alpha value is -1.22. The molecule has 0 bridgehead atoms. The molecule has 0 spiro atoms. The summed E-state index contributed by atoms with van der Waals surface area (Å²) in [6.45, 7) is 2.79. The molecule has 0 radical (unpaired) electrons. The number of likely N-dealkylation sites (N-methyl/N-ethyl adjacent to an activating group) is 1. The van der Waals surface area contributed by atoms with Crippen molar-refractivity contribution in [2.45, 2.75) is 38.3 Å². The first-order valence-electron chi connectivity index (χ1n) is 6.44. The summed E-state index contributed by atoms with van der Waals surface area (Å²) in [6.07, 6.45) is 2.53. The SMILES string of the molecule is CCN(C(=O)[C@@H]1Cc2cc(Cl)ccc2O1)C1CC1. The van der Waals surface area contributed by atoms with Crippen molar-refractivity contribution in [2.24, 2.45) is 0 Å². The topological polar surface area (TPSA) is 29.5 Å². The number of carbonyl (C=O) groups is 1. The second-order valence-electron chi connectivity index (χ2n) is 4.92. The molecule has 0 aromatic heterocycles. The molecular weight excluding hydrogens is 250 g/mol. The fourth-order valence-electron chi connectivity index (χ4n) is 2.52. The largest absolute Gasteiger partial charge is 0.480 e. The van der Waals surface area contributed by atoms with Crippen LogP contribution in [0.3, 0.4) is 0 Å². The molecule has 1 amide bonds. The minimum Gasteiger partial charge on any atom is -0.480 e. The van der Waals surface area contributed by atoms with Gasteiger partial charge in [0.25, 0.3) is 5.91 Å². The lowest BCUT2D eigenvalue weighted by Gasteiger charge is -2.23. The summed E-state index contributed by atoms with van der Waals surface area (Å²) < 4.78 is 5.73. The van der Waals surface area contributed by atoms with Crippen molar-refractivity contribution in [1.29, 1.82) is 0 Å². The Morgan fingerprint density at radius 1 is 1.50 bits per heavy atom. The number of benzene rings is 1. The molecule has 1 saturated carbocycles. The van der Waals surface area contributed by atoms with Crippen LogP contribution in [0, 0.1) is 0 Å². The van der Waals surface area contributed by atoms with Gasteiger partial charge in [-0.3, -0.25) is 4.79 Å². The van der Waals surface area contributed by atoms with Gasteiger partial charge in [-0.2, -0.15) is 0 Å². The number of nitrogens with zero attached hydrogens (tertiary/aromatic N) is 1. The monoisotopic (exact) mass is 265 g/mol. The van der Waals surface area contributed by atoms with Gasteiger partial charge in [0, 0.05) is 24.0 Å². The minimum atomic E-state index is -0.362. The molecule has 1 fully saturated rings. The first-order chi connectivity index (χ1) is 8.69. The van der Waals surface area contributed by atoms with E-state index in [0.29, 0.717) is 17.5 Å². The molecule has 2 aliphatic rings. The normalized spacial score (nSPS) is 21.3. The summed E-state index contributed by atoms with van der Waals surface area (Å²) in [5.74, 6) is 0.914. The van der Waals surface area contributed by atoms with Crippen molar-refractivity contribution in [2.75, 3.05) is 6.54 Å². The number of amides is 1. The average molecular weight is 266 g/mol. The highest BCUT2D eigenvalue weighted by molar-refractivity contribution is 6.30. The van der Waals surface area contributed by atoms with E-state index in [-0.39, 0.29) is 12.0 Å². The number of fused-ring (bicyclic) bond motifs is 1. The molecule has 0 N–H and O–H groups in total. The fraction of sp³-hybridized carbons (Fsp3) is 0.500. The van der Waals surface area contributed by atoms with Gasteiger partial charge < -0.3 is 9.64 Å². The highest BCUT2D eigenvalue weighted by Crippen LogP contribution is 2.33. The van der Waals surface area contributed by atoms with Gasteiger partial charge in [-0.05, 0) is 43.5 Å². The molecule has 3 rings (SSSR count). The lowest BCUT2D eigenvalue weighted by atomic mass is 10.1. The maximum atomic E-state index is 12.4. The molecule has 96 valence electrons. The number of carbonyl (C=O) groups excluding carboxylic acids is 1. The van der Waals surface area contributed by atoms with Gasteiger partial charge in [-0.25, -0.2) is 0 Å². The summed E-state index contributed by atoms with van der Waals surface area (Å²) in [6, 6.07) is 5.97. The van der Waals surface area contributed by atoms with Gasteiger partial charge in [-0.15, -0.1) is 0 Å². The minimum absolute atomic E-state index is 0.118. The summed E-state index contributed by atoms with van der Waals surface area (Å²) >= 11 is 5.95. The van der Waals surface area contributed by atoms with E-state index in [1.54, 1.807) is 6.07 Å². The zero-order chi connectivity index (χ0) is 12.7. The van der Waals surface area contributed by atoms with Gasteiger partial charge >= 0.3 is 0 Å². The van der Waals surface area contributed by atoms with Crippen LogP contribution in [0.1, 0.15) is 25.3 Å². The van der Waals surface area contributed by atoms with Crippen LogP contribution in [0.15, 0.2) is 18.2 Å². The van der Waals surface area contributed by atoms with Crippen molar-refractivity contribution in [1.82, 2.24) is 4.90 Å². The van der Waals surface area contributed by atoms with Crippen LogP contribution in [0.25, 0.3) is 0 Å². The average Bonchev–Trinajstić information content (AvgIpc) is 3.08. The molecule has 0 unspecified atom stereocenters. The van der Waals surface area contributed by atoms with E-state index < -0.39 is 0 Å². The maximum Gasteiger partial charge on any atom is 0.264 e. The lowest BCUT2D eigenvalue weighted by molar-refractivity contribution is -0.138. The van der Waals surface area contributed by atoms with E-state index in [1.165, 1.54) is 0 Å². The van der Waals surface area contributed by atoms with Crippen molar-refractivity contribution in [3.8, 4) is 5.75 Å². The number of hydrogen-bond donors (Lipinski definition) is 0. The Kier molecular flexibility index (Phi) is 2.94. The Balaban J connectivity index is 1.74. The number of hydrogen-bond acceptors (Lipinski definition) is 2. The van der Waals surface area contributed by atoms with Crippen LogP contribution < -0.4 is 4.74 Å². The van der Waals surface area contributed by atoms with Crippen LogP contribution in [0.5, 0.6) is 5.75 Å². The molecule has 1 aromatic carbocycles. The van der Waals surface area contributed by atoms with Crippen LogP contribution in [-0.4, -0.2) is 29.5 Å². The highest BCUT2D eigenvalue weighted by Gasteiger charge is 2.38. The fourth-order valence-corrected chi connectivity index (χ4v) is 2.71. The van der Waals surface area contributed by atoms with Gasteiger partial charge in [0.2, 0.25) is 0 Å². The lowest BCUT2D eigenvalue weighted by Crippen LogP contribution is -2.42. The van der Waals surface area contributed by atoms with E-state index in [4.69, 9.17) is 16.3 Å². The first-order valence-corrected chi connectivity index (χ1v) is 6.82. The van der Waals surface area contributed by atoms with E-state index in [0.717, 1.165) is 30.7 Å². The van der Waals surface area contributed by atoms with Crippen LogP contribution in [-0.2, 0) is 11.2 Å². The third-order valence-corrected chi connectivity index (χ3v) is 3.82. The summed E-state index contributed by atoms with van der Waals surface area (Å²) in [5, 5.41) is 0.694.